The molecule has 1 unspecified atom stereocenters. The fraction of sp³-hybridized carbons (Fsp3) is 0.462. The third-order valence-electron chi connectivity index (χ3n) is 6.99. The van der Waals surface area contributed by atoms with E-state index in [4.69, 9.17) is 9.47 Å². The zero-order chi connectivity index (χ0) is 22.8. The smallest absolute Gasteiger partial charge is 0.244 e. The second-order valence-corrected chi connectivity index (χ2v) is 9.29. The third kappa shape index (κ3) is 4.69. The molecule has 174 valence electrons. The number of benzene rings is 2. The van der Waals surface area contributed by atoms with Gasteiger partial charge in [0.2, 0.25) is 18.6 Å². The van der Waals surface area contributed by atoms with Crippen molar-refractivity contribution >= 4 is 11.8 Å². The zero-order valence-corrected chi connectivity index (χ0v) is 19.1. The number of amides is 2. The molecular formula is C26H31N3O4. The maximum Gasteiger partial charge on any atom is 0.244 e. The lowest BCUT2D eigenvalue weighted by Gasteiger charge is -2.40. The average molecular weight is 450 g/mol. The van der Waals surface area contributed by atoms with Gasteiger partial charge in [0.25, 0.3) is 0 Å². The van der Waals surface area contributed by atoms with Crippen LogP contribution in [0.5, 0.6) is 11.5 Å². The number of likely N-dealkylation sites (tertiary alicyclic amines) is 1. The zero-order valence-electron chi connectivity index (χ0n) is 19.1. The van der Waals surface area contributed by atoms with Crippen LogP contribution in [0.25, 0.3) is 0 Å². The number of piperidine rings is 1. The first-order valence-corrected chi connectivity index (χ1v) is 11.8. The first kappa shape index (κ1) is 21.8. The summed E-state index contributed by atoms with van der Waals surface area (Å²) in [5, 5.41) is 3.00. The van der Waals surface area contributed by atoms with Gasteiger partial charge in [-0.25, -0.2) is 0 Å². The SMILES string of the molecule is CC1CCN(C(=O)C2c3ccccc3CCN2CC(=O)NCc2ccc3c(c2)OCO3)CC1. The normalized spacial score (nSPS) is 20.4. The number of hydrogen-bond donors (Lipinski definition) is 1. The van der Waals surface area contributed by atoms with Gasteiger partial charge in [0.05, 0.1) is 6.54 Å². The largest absolute Gasteiger partial charge is 0.454 e. The summed E-state index contributed by atoms with van der Waals surface area (Å²) in [5.74, 6) is 2.13. The lowest BCUT2D eigenvalue weighted by atomic mass is 9.90. The maximum atomic E-state index is 13.6. The van der Waals surface area contributed by atoms with Gasteiger partial charge in [-0.1, -0.05) is 37.3 Å². The van der Waals surface area contributed by atoms with E-state index >= 15 is 0 Å². The van der Waals surface area contributed by atoms with E-state index in [-0.39, 0.29) is 25.2 Å². The number of ether oxygens (including phenoxy) is 2. The van der Waals surface area contributed by atoms with Crippen LogP contribution < -0.4 is 14.8 Å². The van der Waals surface area contributed by atoms with Crippen molar-refractivity contribution < 1.29 is 19.1 Å². The van der Waals surface area contributed by atoms with E-state index in [2.05, 4.69) is 18.3 Å². The Morgan fingerprint density at radius 3 is 2.67 bits per heavy atom. The van der Waals surface area contributed by atoms with Crippen LogP contribution in [-0.4, -0.2) is 54.6 Å². The average Bonchev–Trinajstić information content (AvgIpc) is 3.31. The first-order valence-electron chi connectivity index (χ1n) is 11.8. The molecule has 0 saturated carbocycles. The number of carbonyl (C=O) groups is 2. The standard InChI is InChI=1S/C26H31N3O4/c1-18-8-11-28(12-9-18)26(31)25-21-5-3-2-4-20(21)10-13-29(25)16-24(30)27-15-19-6-7-22-23(14-19)33-17-32-22/h2-7,14,18,25H,8-13,15-17H2,1H3,(H,27,30). The van der Waals surface area contributed by atoms with E-state index in [1.807, 2.05) is 46.2 Å². The van der Waals surface area contributed by atoms with Crippen LogP contribution in [0.15, 0.2) is 42.5 Å². The summed E-state index contributed by atoms with van der Waals surface area (Å²) in [6.07, 6.45) is 2.92. The minimum atomic E-state index is -0.403. The van der Waals surface area contributed by atoms with Crippen LogP contribution in [0.2, 0.25) is 0 Å². The molecule has 2 aromatic carbocycles. The van der Waals surface area contributed by atoms with Crippen molar-refractivity contribution in [1.82, 2.24) is 15.1 Å². The van der Waals surface area contributed by atoms with Crippen LogP contribution >= 0.6 is 0 Å². The highest BCUT2D eigenvalue weighted by molar-refractivity contribution is 5.85. The molecule has 7 heteroatoms. The fourth-order valence-electron chi connectivity index (χ4n) is 4.97. The lowest BCUT2D eigenvalue weighted by Crippen LogP contribution is -2.50. The van der Waals surface area contributed by atoms with E-state index in [1.165, 1.54) is 5.56 Å². The second-order valence-electron chi connectivity index (χ2n) is 9.29. The lowest BCUT2D eigenvalue weighted by molar-refractivity contribution is -0.140. The Bertz CT molecular complexity index is 1030. The number of nitrogens with zero attached hydrogens (tertiary/aromatic N) is 2. The molecule has 1 atom stereocenters. The van der Waals surface area contributed by atoms with Crippen molar-refractivity contribution in [2.75, 3.05) is 33.0 Å². The summed E-state index contributed by atoms with van der Waals surface area (Å²) >= 11 is 0. The molecule has 0 spiro atoms. The molecule has 0 aromatic heterocycles. The van der Waals surface area contributed by atoms with Gasteiger partial charge in [-0.15, -0.1) is 0 Å². The highest BCUT2D eigenvalue weighted by Crippen LogP contribution is 2.33. The molecule has 7 nitrogen and oxygen atoms in total. The number of nitrogens with one attached hydrogen (secondary N) is 1. The highest BCUT2D eigenvalue weighted by atomic mass is 16.7. The first-order chi connectivity index (χ1) is 16.1. The monoisotopic (exact) mass is 449 g/mol. The number of hydrogen-bond acceptors (Lipinski definition) is 5. The van der Waals surface area contributed by atoms with Crippen molar-refractivity contribution in [3.05, 3.63) is 59.2 Å². The van der Waals surface area contributed by atoms with Gasteiger partial charge in [0.15, 0.2) is 11.5 Å². The van der Waals surface area contributed by atoms with Crippen LogP contribution in [0.4, 0.5) is 0 Å². The summed E-state index contributed by atoms with van der Waals surface area (Å²) in [7, 11) is 0. The van der Waals surface area contributed by atoms with Gasteiger partial charge in [-0.05, 0) is 54.0 Å². The Morgan fingerprint density at radius 1 is 1.03 bits per heavy atom. The molecule has 1 fully saturated rings. The van der Waals surface area contributed by atoms with Crippen molar-refractivity contribution in [3.8, 4) is 11.5 Å². The molecule has 3 heterocycles. The topological polar surface area (TPSA) is 71.1 Å². The summed E-state index contributed by atoms with van der Waals surface area (Å²) in [6.45, 7) is 5.35. The molecule has 2 amide bonds. The molecule has 0 radical (unpaired) electrons. The minimum absolute atomic E-state index is 0.0860. The Kier molecular flexibility index (Phi) is 6.22. The number of fused-ring (bicyclic) bond motifs is 2. The quantitative estimate of drug-likeness (QED) is 0.760. The Balaban J connectivity index is 1.27. The molecule has 3 aliphatic rings. The Morgan fingerprint density at radius 2 is 1.82 bits per heavy atom. The van der Waals surface area contributed by atoms with Gasteiger partial charge in [0, 0.05) is 26.2 Å². The summed E-state index contributed by atoms with van der Waals surface area (Å²) in [4.78, 5) is 30.5. The fourth-order valence-corrected chi connectivity index (χ4v) is 4.97. The van der Waals surface area contributed by atoms with Crippen LogP contribution in [0, 0.1) is 5.92 Å². The van der Waals surface area contributed by atoms with Crippen LogP contribution in [-0.2, 0) is 22.6 Å². The molecule has 2 aromatic rings. The van der Waals surface area contributed by atoms with E-state index in [9.17, 15) is 9.59 Å². The molecule has 1 saturated heterocycles. The Hall–Kier alpha value is -3.06. The van der Waals surface area contributed by atoms with Gasteiger partial charge in [-0.2, -0.15) is 0 Å². The van der Waals surface area contributed by atoms with Gasteiger partial charge >= 0.3 is 0 Å². The molecule has 5 rings (SSSR count). The second kappa shape index (κ2) is 9.43. The predicted octanol–water partition coefficient (Wildman–Crippen LogP) is 2.89. The van der Waals surface area contributed by atoms with Crippen LogP contribution in [0.3, 0.4) is 0 Å². The predicted molar refractivity (Wildman–Crippen MR) is 124 cm³/mol. The minimum Gasteiger partial charge on any atom is -0.454 e. The summed E-state index contributed by atoms with van der Waals surface area (Å²) < 4.78 is 10.8. The van der Waals surface area contributed by atoms with Crippen molar-refractivity contribution in [2.24, 2.45) is 5.92 Å². The highest BCUT2D eigenvalue weighted by Gasteiger charge is 2.37. The van der Waals surface area contributed by atoms with Gasteiger partial charge < -0.3 is 19.7 Å². The van der Waals surface area contributed by atoms with Crippen molar-refractivity contribution in [2.45, 2.75) is 38.8 Å². The third-order valence-corrected chi connectivity index (χ3v) is 6.99. The van der Waals surface area contributed by atoms with Gasteiger partial charge in [0.1, 0.15) is 6.04 Å². The van der Waals surface area contributed by atoms with Crippen molar-refractivity contribution in [3.63, 3.8) is 0 Å². The number of rotatable bonds is 5. The number of carbonyl (C=O) groups excluding carboxylic acids is 2. The molecular weight excluding hydrogens is 418 g/mol. The van der Waals surface area contributed by atoms with E-state index in [0.29, 0.717) is 24.8 Å². The maximum absolute atomic E-state index is 13.6. The van der Waals surface area contributed by atoms with E-state index < -0.39 is 6.04 Å². The van der Waals surface area contributed by atoms with E-state index in [0.717, 1.165) is 49.2 Å². The van der Waals surface area contributed by atoms with Crippen LogP contribution in [0.1, 0.15) is 42.5 Å². The molecule has 0 bridgehead atoms. The Labute approximate surface area is 194 Å². The molecule has 0 aliphatic carbocycles. The molecule has 33 heavy (non-hydrogen) atoms. The summed E-state index contributed by atoms with van der Waals surface area (Å²) in [5.41, 5.74) is 3.20. The van der Waals surface area contributed by atoms with Gasteiger partial charge in [-0.3, -0.25) is 14.5 Å². The summed E-state index contributed by atoms with van der Waals surface area (Å²) in [6, 6.07) is 13.4. The van der Waals surface area contributed by atoms with E-state index in [1.54, 1.807) is 0 Å². The molecule has 1 N–H and O–H groups in total. The molecule has 3 aliphatic heterocycles. The van der Waals surface area contributed by atoms with Crippen molar-refractivity contribution in [1.29, 1.82) is 0 Å².